The zero-order chi connectivity index (χ0) is 15.1. The normalized spacial score (nSPS) is 10.2. The van der Waals surface area contributed by atoms with Crippen LogP contribution in [0.5, 0.6) is 5.75 Å². The minimum atomic E-state index is 0.00137. The van der Waals surface area contributed by atoms with Gasteiger partial charge in [-0.05, 0) is 36.2 Å². The van der Waals surface area contributed by atoms with Crippen LogP contribution in [0.2, 0.25) is 0 Å². The summed E-state index contributed by atoms with van der Waals surface area (Å²) in [5, 5.41) is 2.86. The highest BCUT2D eigenvalue weighted by atomic mass is 79.9. The molecule has 21 heavy (non-hydrogen) atoms. The van der Waals surface area contributed by atoms with Crippen LogP contribution >= 0.6 is 15.9 Å². The van der Waals surface area contributed by atoms with E-state index in [0.717, 1.165) is 21.3 Å². The zero-order valence-electron chi connectivity index (χ0n) is 11.9. The van der Waals surface area contributed by atoms with Crippen LogP contribution in [-0.2, 0) is 11.2 Å². The molecule has 0 radical (unpaired) electrons. The van der Waals surface area contributed by atoms with E-state index < -0.39 is 0 Å². The van der Waals surface area contributed by atoms with E-state index >= 15 is 0 Å². The predicted molar refractivity (Wildman–Crippen MR) is 87.5 cm³/mol. The number of halogens is 1. The number of amides is 1. The fraction of sp³-hybridized carbons (Fsp3) is 0.235. The molecule has 3 nitrogen and oxygen atoms in total. The maximum absolute atomic E-state index is 11.8. The largest absolute Gasteiger partial charge is 0.491 e. The third-order valence-corrected chi connectivity index (χ3v) is 3.52. The molecule has 0 heterocycles. The second-order valence-corrected chi connectivity index (χ2v) is 5.69. The lowest BCUT2D eigenvalue weighted by molar-refractivity contribution is -0.120. The molecule has 0 spiro atoms. The topological polar surface area (TPSA) is 38.3 Å². The lowest BCUT2D eigenvalue weighted by Crippen LogP contribution is -2.29. The molecule has 0 aliphatic rings. The number of aryl methyl sites for hydroxylation is 1. The summed E-state index contributed by atoms with van der Waals surface area (Å²) in [6, 6.07) is 15.6. The highest BCUT2D eigenvalue weighted by Crippen LogP contribution is 2.15. The number of para-hydroxylation sites is 1. The Kier molecular flexibility index (Phi) is 5.81. The second-order valence-electron chi connectivity index (χ2n) is 4.77. The van der Waals surface area contributed by atoms with Gasteiger partial charge in [0.1, 0.15) is 12.4 Å². The van der Waals surface area contributed by atoms with Crippen molar-refractivity contribution in [3.63, 3.8) is 0 Å². The molecule has 2 aromatic rings. The Bertz CT molecular complexity index is 613. The van der Waals surface area contributed by atoms with Crippen LogP contribution in [0.15, 0.2) is 53.0 Å². The molecule has 1 amide bonds. The Balaban J connectivity index is 1.71. The van der Waals surface area contributed by atoms with Crippen molar-refractivity contribution in [3.05, 3.63) is 64.1 Å². The highest BCUT2D eigenvalue weighted by Gasteiger charge is 2.03. The van der Waals surface area contributed by atoms with E-state index in [9.17, 15) is 4.79 Å². The average Bonchev–Trinajstić information content (AvgIpc) is 2.45. The molecule has 0 saturated carbocycles. The maximum Gasteiger partial charge on any atom is 0.224 e. The number of carbonyl (C=O) groups is 1. The summed E-state index contributed by atoms with van der Waals surface area (Å²) < 4.78 is 6.62. The van der Waals surface area contributed by atoms with Crippen LogP contribution < -0.4 is 10.1 Å². The lowest BCUT2D eigenvalue weighted by Gasteiger charge is -2.09. The number of ether oxygens (including phenoxy) is 1. The minimum Gasteiger partial charge on any atom is -0.491 e. The molecule has 4 heteroatoms. The molecule has 0 atom stereocenters. The van der Waals surface area contributed by atoms with Gasteiger partial charge in [0.15, 0.2) is 0 Å². The summed E-state index contributed by atoms with van der Waals surface area (Å²) in [5.74, 6) is 0.861. The minimum absolute atomic E-state index is 0.00137. The van der Waals surface area contributed by atoms with Crippen molar-refractivity contribution >= 4 is 21.8 Å². The van der Waals surface area contributed by atoms with E-state index in [-0.39, 0.29) is 5.91 Å². The summed E-state index contributed by atoms with van der Waals surface area (Å²) in [5.41, 5.74) is 2.08. The van der Waals surface area contributed by atoms with Gasteiger partial charge < -0.3 is 10.1 Å². The van der Waals surface area contributed by atoms with Crippen LogP contribution in [0.25, 0.3) is 0 Å². The Labute approximate surface area is 133 Å². The summed E-state index contributed by atoms with van der Waals surface area (Å²) in [4.78, 5) is 11.8. The molecule has 0 saturated heterocycles. The summed E-state index contributed by atoms with van der Waals surface area (Å²) >= 11 is 3.40. The van der Waals surface area contributed by atoms with Gasteiger partial charge in [0.2, 0.25) is 5.91 Å². The molecule has 2 rings (SSSR count). The molecule has 110 valence electrons. The van der Waals surface area contributed by atoms with E-state index in [0.29, 0.717) is 19.6 Å². The number of benzene rings is 2. The van der Waals surface area contributed by atoms with Crippen molar-refractivity contribution < 1.29 is 9.53 Å². The summed E-state index contributed by atoms with van der Waals surface area (Å²) in [7, 11) is 0. The monoisotopic (exact) mass is 347 g/mol. The number of rotatable bonds is 6. The fourth-order valence-corrected chi connectivity index (χ4v) is 2.41. The van der Waals surface area contributed by atoms with Gasteiger partial charge in [-0.15, -0.1) is 0 Å². The Morgan fingerprint density at radius 2 is 2.00 bits per heavy atom. The van der Waals surface area contributed by atoms with Gasteiger partial charge in [-0.2, -0.15) is 0 Å². The fourth-order valence-electron chi connectivity index (χ4n) is 1.96. The average molecular weight is 348 g/mol. The quantitative estimate of drug-likeness (QED) is 0.812. The first-order chi connectivity index (χ1) is 10.1. The number of hydrogen-bond acceptors (Lipinski definition) is 2. The smallest absolute Gasteiger partial charge is 0.224 e. The molecular weight excluding hydrogens is 330 g/mol. The number of carbonyl (C=O) groups excluding carboxylic acids is 1. The van der Waals surface area contributed by atoms with Crippen LogP contribution in [0.1, 0.15) is 11.1 Å². The van der Waals surface area contributed by atoms with E-state index in [1.807, 2.05) is 55.5 Å². The van der Waals surface area contributed by atoms with Crippen molar-refractivity contribution in [3.8, 4) is 5.75 Å². The van der Waals surface area contributed by atoms with Gasteiger partial charge in [-0.1, -0.05) is 46.3 Å². The van der Waals surface area contributed by atoms with Crippen molar-refractivity contribution in [2.24, 2.45) is 0 Å². The first-order valence-corrected chi connectivity index (χ1v) is 7.64. The molecule has 1 N–H and O–H groups in total. The molecule has 0 bridgehead atoms. The van der Waals surface area contributed by atoms with E-state index in [1.165, 1.54) is 0 Å². The first kappa shape index (κ1) is 15.6. The van der Waals surface area contributed by atoms with Crippen molar-refractivity contribution in [1.82, 2.24) is 5.32 Å². The molecule has 2 aromatic carbocycles. The van der Waals surface area contributed by atoms with E-state index in [2.05, 4.69) is 21.2 Å². The lowest BCUT2D eigenvalue weighted by atomic mass is 10.1. The molecule has 0 fully saturated rings. The van der Waals surface area contributed by atoms with Gasteiger partial charge >= 0.3 is 0 Å². The maximum atomic E-state index is 11.8. The Morgan fingerprint density at radius 3 is 2.76 bits per heavy atom. The molecule has 0 aliphatic carbocycles. The summed E-state index contributed by atoms with van der Waals surface area (Å²) in [6.07, 6.45) is 0.379. The Morgan fingerprint density at radius 1 is 1.19 bits per heavy atom. The van der Waals surface area contributed by atoms with Gasteiger partial charge in [-0.25, -0.2) is 0 Å². The summed E-state index contributed by atoms with van der Waals surface area (Å²) in [6.45, 7) is 2.97. The van der Waals surface area contributed by atoms with Crippen LogP contribution in [-0.4, -0.2) is 19.1 Å². The second kappa shape index (κ2) is 7.84. The van der Waals surface area contributed by atoms with Crippen LogP contribution in [0, 0.1) is 6.92 Å². The first-order valence-electron chi connectivity index (χ1n) is 6.85. The van der Waals surface area contributed by atoms with Crippen LogP contribution in [0.3, 0.4) is 0 Å². The number of nitrogens with one attached hydrogen (secondary N) is 1. The molecule has 0 aliphatic heterocycles. The van der Waals surface area contributed by atoms with Crippen LogP contribution in [0.4, 0.5) is 0 Å². The van der Waals surface area contributed by atoms with Gasteiger partial charge in [0.25, 0.3) is 0 Å². The van der Waals surface area contributed by atoms with E-state index in [1.54, 1.807) is 0 Å². The number of hydrogen-bond donors (Lipinski definition) is 1. The third kappa shape index (κ3) is 5.23. The zero-order valence-corrected chi connectivity index (χ0v) is 13.5. The molecule has 0 unspecified atom stereocenters. The third-order valence-electron chi connectivity index (χ3n) is 3.03. The Hall–Kier alpha value is -1.81. The highest BCUT2D eigenvalue weighted by molar-refractivity contribution is 9.10. The van der Waals surface area contributed by atoms with E-state index in [4.69, 9.17) is 4.74 Å². The van der Waals surface area contributed by atoms with Gasteiger partial charge in [-0.3, -0.25) is 4.79 Å². The predicted octanol–water partition coefficient (Wildman–Crippen LogP) is 3.50. The van der Waals surface area contributed by atoms with Gasteiger partial charge in [0, 0.05) is 4.47 Å². The molecular formula is C17H18BrNO2. The van der Waals surface area contributed by atoms with Crippen molar-refractivity contribution in [1.29, 1.82) is 0 Å². The SMILES string of the molecule is Cc1ccccc1OCCNC(=O)Cc1cccc(Br)c1. The molecule has 0 aromatic heterocycles. The van der Waals surface area contributed by atoms with Gasteiger partial charge in [0.05, 0.1) is 13.0 Å². The van der Waals surface area contributed by atoms with Crippen molar-refractivity contribution in [2.45, 2.75) is 13.3 Å². The standard InChI is InChI=1S/C17H18BrNO2/c1-13-5-2-3-8-16(13)21-10-9-19-17(20)12-14-6-4-7-15(18)11-14/h2-8,11H,9-10,12H2,1H3,(H,19,20). The van der Waals surface area contributed by atoms with Crippen molar-refractivity contribution in [2.75, 3.05) is 13.2 Å².